The molecule has 3 rings (SSSR count). The number of benzene rings is 2. The highest BCUT2D eigenvalue weighted by Gasteiger charge is 2.14. The summed E-state index contributed by atoms with van der Waals surface area (Å²) in [4.78, 5) is 21.9. The molecular weight excluding hydrogens is 333 g/mol. The average molecular weight is 343 g/mol. The summed E-state index contributed by atoms with van der Waals surface area (Å²) < 4.78 is 23.4. The number of esters is 1. The van der Waals surface area contributed by atoms with E-state index >= 15 is 0 Å². The molecular formula is C16H10FN3O5. The predicted molar refractivity (Wildman–Crippen MR) is 81.9 cm³/mol. The number of nitro groups is 1. The van der Waals surface area contributed by atoms with E-state index in [1.807, 2.05) is 0 Å². The molecule has 9 heteroatoms. The SMILES string of the molecule is O=C(OCc1nnc(-c2ccc([N+](=O)[O-])cc2)o1)c1cccc(F)c1. The van der Waals surface area contributed by atoms with E-state index in [1.165, 1.54) is 42.5 Å². The van der Waals surface area contributed by atoms with E-state index in [-0.39, 0.29) is 29.6 Å². The molecule has 126 valence electrons. The first kappa shape index (κ1) is 16.2. The summed E-state index contributed by atoms with van der Waals surface area (Å²) in [5.41, 5.74) is 0.489. The molecule has 8 nitrogen and oxygen atoms in total. The van der Waals surface area contributed by atoms with E-state index in [1.54, 1.807) is 0 Å². The number of nitrogens with zero attached hydrogens (tertiary/aromatic N) is 3. The first-order valence-corrected chi connectivity index (χ1v) is 7.03. The van der Waals surface area contributed by atoms with Crippen LogP contribution in [-0.4, -0.2) is 21.1 Å². The van der Waals surface area contributed by atoms with Crippen molar-refractivity contribution in [3.05, 3.63) is 75.9 Å². The quantitative estimate of drug-likeness (QED) is 0.398. The summed E-state index contributed by atoms with van der Waals surface area (Å²) in [6, 6.07) is 10.6. The van der Waals surface area contributed by atoms with Gasteiger partial charge in [-0.15, -0.1) is 10.2 Å². The Labute approximate surface area is 140 Å². The van der Waals surface area contributed by atoms with Crippen molar-refractivity contribution in [3.8, 4) is 11.5 Å². The number of hydrogen-bond acceptors (Lipinski definition) is 7. The maximum atomic E-state index is 13.1. The van der Waals surface area contributed by atoms with Crippen LogP contribution in [0.2, 0.25) is 0 Å². The first-order chi connectivity index (χ1) is 12.0. The molecule has 25 heavy (non-hydrogen) atoms. The summed E-state index contributed by atoms with van der Waals surface area (Å²) >= 11 is 0. The van der Waals surface area contributed by atoms with Crippen molar-refractivity contribution in [2.75, 3.05) is 0 Å². The van der Waals surface area contributed by atoms with Crippen LogP contribution in [-0.2, 0) is 11.3 Å². The molecule has 0 aliphatic rings. The van der Waals surface area contributed by atoms with Gasteiger partial charge < -0.3 is 9.15 Å². The molecule has 0 bridgehead atoms. The van der Waals surface area contributed by atoms with Crippen LogP contribution in [0.3, 0.4) is 0 Å². The molecule has 0 aliphatic heterocycles. The summed E-state index contributed by atoms with van der Waals surface area (Å²) in [5.74, 6) is -1.10. The standard InChI is InChI=1S/C16H10FN3O5/c17-12-3-1-2-11(8-12)16(21)24-9-14-18-19-15(25-14)10-4-6-13(7-5-10)20(22)23/h1-8H,9H2. The van der Waals surface area contributed by atoms with Crippen LogP contribution in [0.4, 0.5) is 10.1 Å². The van der Waals surface area contributed by atoms with Gasteiger partial charge >= 0.3 is 5.97 Å². The van der Waals surface area contributed by atoms with E-state index in [4.69, 9.17) is 9.15 Å². The van der Waals surface area contributed by atoms with E-state index in [0.717, 1.165) is 6.07 Å². The summed E-state index contributed by atoms with van der Waals surface area (Å²) in [5, 5.41) is 18.1. The molecule has 0 saturated heterocycles. The van der Waals surface area contributed by atoms with Gasteiger partial charge in [-0.25, -0.2) is 9.18 Å². The third-order valence-electron chi connectivity index (χ3n) is 3.18. The molecule has 0 atom stereocenters. The number of hydrogen-bond donors (Lipinski definition) is 0. The van der Waals surface area contributed by atoms with E-state index in [0.29, 0.717) is 5.56 Å². The van der Waals surface area contributed by atoms with Crippen molar-refractivity contribution in [3.63, 3.8) is 0 Å². The van der Waals surface area contributed by atoms with Crippen LogP contribution in [0.25, 0.3) is 11.5 Å². The lowest BCUT2D eigenvalue weighted by Gasteiger charge is -2.01. The Morgan fingerprint density at radius 1 is 1.20 bits per heavy atom. The fraction of sp³-hybridized carbons (Fsp3) is 0.0625. The fourth-order valence-electron chi connectivity index (χ4n) is 1.98. The molecule has 0 radical (unpaired) electrons. The van der Waals surface area contributed by atoms with Crippen molar-refractivity contribution < 1.29 is 23.3 Å². The third kappa shape index (κ3) is 3.83. The van der Waals surface area contributed by atoms with Crippen molar-refractivity contribution in [2.24, 2.45) is 0 Å². The highest BCUT2D eigenvalue weighted by atomic mass is 19.1. The van der Waals surface area contributed by atoms with Gasteiger partial charge in [0.15, 0.2) is 6.61 Å². The monoisotopic (exact) mass is 343 g/mol. The van der Waals surface area contributed by atoms with Crippen LogP contribution < -0.4 is 0 Å². The van der Waals surface area contributed by atoms with Crippen LogP contribution >= 0.6 is 0 Å². The molecule has 0 fully saturated rings. The molecule has 3 aromatic rings. The van der Waals surface area contributed by atoms with Gasteiger partial charge in [0.25, 0.3) is 11.6 Å². The van der Waals surface area contributed by atoms with Crippen molar-refractivity contribution in [2.45, 2.75) is 6.61 Å². The molecule has 1 heterocycles. The zero-order valence-corrected chi connectivity index (χ0v) is 12.6. The molecule has 0 aliphatic carbocycles. The number of non-ortho nitro benzene ring substituents is 1. The van der Waals surface area contributed by atoms with Gasteiger partial charge in [0.1, 0.15) is 5.82 Å². The van der Waals surface area contributed by atoms with Gasteiger partial charge in [0.05, 0.1) is 10.5 Å². The molecule has 0 unspecified atom stereocenters. The van der Waals surface area contributed by atoms with Gasteiger partial charge in [0, 0.05) is 17.7 Å². The van der Waals surface area contributed by atoms with E-state index in [9.17, 15) is 19.3 Å². The second kappa shape index (κ2) is 6.87. The largest absolute Gasteiger partial charge is 0.452 e. The average Bonchev–Trinajstić information content (AvgIpc) is 3.08. The molecule has 0 spiro atoms. The maximum Gasteiger partial charge on any atom is 0.338 e. The van der Waals surface area contributed by atoms with E-state index in [2.05, 4.69) is 10.2 Å². The number of halogens is 1. The summed E-state index contributed by atoms with van der Waals surface area (Å²) in [6.45, 7) is -0.282. The third-order valence-corrected chi connectivity index (χ3v) is 3.18. The summed E-state index contributed by atoms with van der Waals surface area (Å²) in [6.07, 6.45) is 0. The number of ether oxygens (including phenoxy) is 1. The fourth-order valence-corrected chi connectivity index (χ4v) is 1.98. The van der Waals surface area contributed by atoms with Crippen LogP contribution in [0.5, 0.6) is 0 Å². The van der Waals surface area contributed by atoms with Crippen LogP contribution in [0, 0.1) is 15.9 Å². The Morgan fingerprint density at radius 3 is 2.64 bits per heavy atom. The first-order valence-electron chi connectivity index (χ1n) is 7.03. The maximum absolute atomic E-state index is 13.1. The Hall–Kier alpha value is -3.62. The zero-order chi connectivity index (χ0) is 17.8. The molecule has 0 amide bonds. The number of nitro benzene ring substituents is 1. The Bertz CT molecular complexity index is 924. The Morgan fingerprint density at radius 2 is 1.96 bits per heavy atom. The Kier molecular flexibility index (Phi) is 4.46. The second-order valence-corrected chi connectivity index (χ2v) is 4.89. The van der Waals surface area contributed by atoms with Crippen molar-refractivity contribution in [1.82, 2.24) is 10.2 Å². The van der Waals surface area contributed by atoms with Gasteiger partial charge in [-0.2, -0.15) is 0 Å². The molecule has 1 aromatic heterocycles. The lowest BCUT2D eigenvalue weighted by atomic mass is 10.2. The predicted octanol–water partition coefficient (Wildman–Crippen LogP) is 3.14. The smallest absolute Gasteiger partial charge is 0.338 e. The molecule has 0 saturated carbocycles. The molecule has 2 aromatic carbocycles. The van der Waals surface area contributed by atoms with Gasteiger partial charge in [-0.1, -0.05) is 6.07 Å². The second-order valence-electron chi connectivity index (χ2n) is 4.89. The topological polar surface area (TPSA) is 108 Å². The lowest BCUT2D eigenvalue weighted by Crippen LogP contribution is -2.05. The number of carbonyl (C=O) groups is 1. The zero-order valence-electron chi connectivity index (χ0n) is 12.6. The number of carbonyl (C=O) groups excluding carboxylic acids is 1. The minimum atomic E-state index is -0.727. The minimum absolute atomic E-state index is 0.0399. The molecule has 0 N–H and O–H groups in total. The van der Waals surface area contributed by atoms with Crippen molar-refractivity contribution >= 4 is 11.7 Å². The van der Waals surface area contributed by atoms with Crippen LogP contribution in [0.15, 0.2) is 52.9 Å². The highest BCUT2D eigenvalue weighted by Crippen LogP contribution is 2.21. The van der Waals surface area contributed by atoms with Gasteiger partial charge in [-0.3, -0.25) is 10.1 Å². The lowest BCUT2D eigenvalue weighted by molar-refractivity contribution is -0.384. The minimum Gasteiger partial charge on any atom is -0.452 e. The number of rotatable bonds is 5. The van der Waals surface area contributed by atoms with Crippen molar-refractivity contribution in [1.29, 1.82) is 0 Å². The van der Waals surface area contributed by atoms with Gasteiger partial charge in [0.2, 0.25) is 5.89 Å². The van der Waals surface area contributed by atoms with E-state index < -0.39 is 16.7 Å². The van der Waals surface area contributed by atoms with Crippen LogP contribution in [0.1, 0.15) is 16.2 Å². The Balaban J connectivity index is 1.65. The highest BCUT2D eigenvalue weighted by molar-refractivity contribution is 5.89. The summed E-state index contributed by atoms with van der Waals surface area (Å²) in [7, 11) is 0. The number of aromatic nitrogens is 2. The normalized spacial score (nSPS) is 10.4. The van der Waals surface area contributed by atoms with Gasteiger partial charge in [-0.05, 0) is 30.3 Å².